The van der Waals surface area contributed by atoms with Crippen molar-refractivity contribution in [3.8, 4) is 0 Å². The highest BCUT2D eigenvalue weighted by atomic mass is 16.2. The number of benzene rings is 1. The van der Waals surface area contributed by atoms with Crippen LogP contribution in [0.2, 0.25) is 0 Å². The monoisotopic (exact) mass is 241 g/mol. The SMILES string of the molecule is O=C(N[C@@H]1CCc2ccccc2C1)c1ccn[nH]1. The molecular weight excluding hydrogens is 226 g/mol. The van der Waals surface area contributed by atoms with Crippen LogP contribution in [0.4, 0.5) is 0 Å². The smallest absolute Gasteiger partial charge is 0.269 e. The lowest BCUT2D eigenvalue weighted by Crippen LogP contribution is -2.39. The molecule has 1 aromatic heterocycles. The number of carbonyl (C=O) groups excluding carboxylic acids is 1. The molecule has 0 unspecified atom stereocenters. The molecule has 1 atom stereocenters. The number of carbonyl (C=O) groups is 1. The number of hydrogen-bond donors (Lipinski definition) is 2. The van der Waals surface area contributed by atoms with Gasteiger partial charge in [0.15, 0.2) is 0 Å². The Morgan fingerprint density at radius 3 is 2.89 bits per heavy atom. The molecule has 1 amide bonds. The van der Waals surface area contributed by atoms with Crippen molar-refractivity contribution in [2.75, 3.05) is 0 Å². The van der Waals surface area contributed by atoms with Crippen LogP contribution in [-0.4, -0.2) is 22.1 Å². The van der Waals surface area contributed by atoms with E-state index in [0.29, 0.717) is 5.69 Å². The van der Waals surface area contributed by atoms with Gasteiger partial charge in [-0.25, -0.2) is 0 Å². The first-order chi connectivity index (χ1) is 8.83. The summed E-state index contributed by atoms with van der Waals surface area (Å²) in [5.41, 5.74) is 3.28. The Labute approximate surface area is 105 Å². The molecule has 4 heteroatoms. The minimum Gasteiger partial charge on any atom is -0.348 e. The first-order valence-electron chi connectivity index (χ1n) is 6.20. The zero-order valence-electron chi connectivity index (χ0n) is 10.0. The number of aryl methyl sites for hydroxylation is 1. The van der Waals surface area contributed by atoms with Crippen LogP contribution in [0.3, 0.4) is 0 Å². The van der Waals surface area contributed by atoms with Crippen LogP contribution in [0.15, 0.2) is 36.5 Å². The van der Waals surface area contributed by atoms with Gasteiger partial charge in [0.25, 0.3) is 5.91 Å². The van der Waals surface area contributed by atoms with E-state index in [4.69, 9.17) is 0 Å². The third-order valence-electron chi connectivity index (χ3n) is 3.43. The van der Waals surface area contributed by atoms with Crippen molar-refractivity contribution >= 4 is 5.91 Å². The van der Waals surface area contributed by atoms with Gasteiger partial charge in [-0.1, -0.05) is 24.3 Å². The average molecular weight is 241 g/mol. The van der Waals surface area contributed by atoms with E-state index in [1.165, 1.54) is 11.1 Å². The summed E-state index contributed by atoms with van der Waals surface area (Å²) in [5, 5.41) is 9.52. The number of rotatable bonds is 2. The summed E-state index contributed by atoms with van der Waals surface area (Å²) in [7, 11) is 0. The standard InChI is InChI=1S/C14H15N3O/c18-14(13-7-8-15-17-13)16-12-6-5-10-3-1-2-4-11(10)9-12/h1-4,7-8,12H,5-6,9H2,(H,15,17)(H,16,18)/t12-/m1/s1. The van der Waals surface area contributed by atoms with E-state index < -0.39 is 0 Å². The van der Waals surface area contributed by atoms with Gasteiger partial charge in [0.1, 0.15) is 5.69 Å². The predicted molar refractivity (Wildman–Crippen MR) is 68.3 cm³/mol. The molecule has 0 fully saturated rings. The fraction of sp³-hybridized carbons (Fsp3) is 0.286. The molecule has 3 rings (SSSR count). The minimum absolute atomic E-state index is 0.0723. The van der Waals surface area contributed by atoms with Crippen LogP contribution >= 0.6 is 0 Å². The van der Waals surface area contributed by atoms with Crippen LogP contribution in [0, 0.1) is 0 Å². The van der Waals surface area contributed by atoms with Gasteiger partial charge in [-0.3, -0.25) is 9.89 Å². The molecule has 18 heavy (non-hydrogen) atoms. The fourth-order valence-electron chi connectivity index (χ4n) is 2.47. The Kier molecular flexibility index (Phi) is 2.84. The highest BCUT2D eigenvalue weighted by Gasteiger charge is 2.20. The van der Waals surface area contributed by atoms with E-state index in [-0.39, 0.29) is 11.9 Å². The van der Waals surface area contributed by atoms with Crippen molar-refractivity contribution in [3.63, 3.8) is 0 Å². The van der Waals surface area contributed by atoms with Crippen molar-refractivity contribution in [2.45, 2.75) is 25.3 Å². The van der Waals surface area contributed by atoms with Crippen molar-refractivity contribution in [3.05, 3.63) is 53.3 Å². The maximum atomic E-state index is 11.9. The molecule has 92 valence electrons. The van der Waals surface area contributed by atoms with Gasteiger partial charge < -0.3 is 5.32 Å². The maximum Gasteiger partial charge on any atom is 0.269 e. The minimum atomic E-state index is -0.0723. The van der Waals surface area contributed by atoms with E-state index in [2.05, 4.69) is 39.8 Å². The topological polar surface area (TPSA) is 57.8 Å². The summed E-state index contributed by atoms with van der Waals surface area (Å²) in [5.74, 6) is -0.0723. The maximum absolute atomic E-state index is 11.9. The molecule has 0 spiro atoms. The van der Waals surface area contributed by atoms with Crippen LogP contribution in [0.1, 0.15) is 28.0 Å². The van der Waals surface area contributed by atoms with Crippen molar-refractivity contribution in [2.24, 2.45) is 0 Å². The zero-order chi connectivity index (χ0) is 12.4. The van der Waals surface area contributed by atoms with E-state index >= 15 is 0 Å². The van der Waals surface area contributed by atoms with E-state index in [9.17, 15) is 4.79 Å². The number of aromatic amines is 1. The molecule has 0 saturated heterocycles. The second-order valence-corrected chi connectivity index (χ2v) is 4.65. The molecule has 1 aliphatic rings. The molecule has 2 aromatic rings. The molecule has 1 heterocycles. The summed E-state index contributed by atoms with van der Waals surface area (Å²) in [6.07, 6.45) is 4.53. The Hall–Kier alpha value is -2.10. The van der Waals surface area contributed by atoms with Crippen LogP contribution < -0.4 is 5.32 Å². The van der Waals surface area contributed by atoms with E-state index in [1.807, 2.05) is 0 Å². The molecular formula is C14H15N3O. The molecule has 0 aliphatic heterocycles. The molecule has 4 nitrogen and oxygen atoms in total. The zero-order valence-corrected chi connectivity index (χ0v) is 10.0. The highest BCUT2D eigenvalue weighted by Crippen LogP contribution is 2.21. The van der Waals surface area contributed by atoms with Crippen LogP contribution in [0.25, 0.3) is 0 Å². The van der Waals surface area contributed by atoms with E-state index in [0.717, 1.165) is 19.3 Å². The van der Waals surface area contributed by atoms with Crippen molar-refractivity contribution in [1.82, 2.24) is 15.5 Å². The highest BCUT2D eigenvalue weighted by molar-refractivity contribution is 5.92. The van der Waals surface area contributed by atoms with Gasteiger partial charge in [-0.2, -0.15) is 5.10 Å². The Morgan fingerprint density at radius 2 is 2.11 bits per heavy atom. The third kappa shape index (κ3) is 2.14. The molecule has 1 aliphatic carbocycles. The van der Waals surface area contributed by atoms with Gasteiger partial charge in [-0.15, -0.1) is 0 Å². The first kappa shape index (κ1) is 11.0. The molecule has 0 radical (unpaired) electrons. The summed E-state index contributed by atoms with van der Waals surface area (Å²) in [6.45, 7) is 0. The largest absolute Gasteiger partial charge is 0.348 e. The Morgan fingerprint density at radius 1 is 1.28 bits per heavy atom. The number of fused-ring (bicyclic) bond motifs is 1. The van der Waals surface area contributed by atoms with Gasteiger partial charge >= 0.3 is 0 Å². The summed E-state index contributed by atoms with van der Waals surface area (Å²) in [4.78, 5) is 11.9. The number of nitrogens with zero attached hydrogens (tertiary/aromatic N) is 1. The number of hydrogen-bond acceptors (Lipinski definition) is 2. The van der Waals surface area contributed by atoms with Crippen LogP contribution in [-0.2, 0) is 12.8 Å². The average Bonchev–Trinajstić information content (AvgIpc) is 2.92. The fourth-order valence-corrected chi connectivity index (χ4v) is 2.47. The first-order valence-corrected chi connectivity index (χ1v) is 6.20. The number of amides is 1. The number of nitrogens with one attached hydrogen (secondary N) is 2. The lowest BCUT2D eigenvalue weighted by atomic mass is 9.88. The van der Waals surface area contributed by atoms with Gasteiger partial charge in [-0.05, 0) is 36.5 Å². The Balaban J connectivity index is 1.68. The Bertz CT molecular complexity index is 548. The van der Waals surface area contributed by atoms with Crippen molar-refractivity contribution in [1.29, 1.82) is 0 Å². The molecule has 0 bridgehead atoms. The lowest BCUT2D eigenvalue weighted by Gasteiger charge is -2.25. The van der Waals surface area contributed by atoms with Crippen molar-refractivity contribution < 1.29 is 4.79 Å². The molecule has 0 saturated carbocycles. The second kappa shape index (κ2) is 4.64. The summed E-state index contributed by atoms with van der Waals surface area (Å²) in [6, 6.07) is 10.3. The summed E-state index contributed by atoms with van der Waals surface area (Å²) >= 11 is 0. The van der Waals surface area contributed by atoms with Gasteiger partial charge in [0, 0.05) is 12.2 Å². The molecule has 2 N–H and O–H groups in total. The van der Waals surface area contributed by atoms with Gasteiger partial charge in [0.05, 0.1) is 0 Å². The number of H-pyrrole nitrogens is 1. The second-order valence-electron chi connectivity index (χ2n) is 4.65. The predicted octanol–water partition coefficient (Wildman–Crippen LogP) is 1.70. The third-order valence-corrected chi connectivity index (χ3v) is 3.43. The van der Waals surface area contributed by atoms with E-state index in [1.54, 1.807) is 12.3 Å². The quantitative estimate of drug-likeness (QED) is 0.840. The van der Waals surface area contributed by atoms with Gasteiger partial charge in [0.2, 0.25) is 0 Å². The summed E-state index contributed by atoms with van der Waals surface area (Å²) < 4.78 is 0. The number of aromatic nitrogens is 2. The molecule has 1 aromatic carbocycles. The normalized spacial score (nSPS) is 18.1. The van der Waals surface area contributed by atoms with Crippen LogP contribution in [0.5, 0.6) is 0 Å². The lowest BCUT2D eigenvalue weighted by molar-refractivity contribution is 0.0928.